The quantitative estimate of drug-likeness (QED) is 0.584. The molecule has 0 aromatic heterocycles. The number of sulfonamides is 1. The maximum absolute atomic E-state index is 13.0. The van der Waals surface area contributed by atoms with Crippen LogP contribution < -0.4 is 10.1 Å². The molecule has 158 valence electrons. The number of hydrogen-bond donors (Lipinski definition) is 1. The lowest BCUT2D eigenvalue weighted by atomic mass is 10.1. The van der Waals surface area contributed by atoms with E-state index in [0.717, 1.165) is 15.6 Å². The number of carbonyl (C=O) groups excluding carboxylic acids is 1. The summed E-state index contributed by atoms with van der Waals surface area (Å²) in [5, 5.41) is 2.86. The smallest absolute Gasteiger partial charge is 0.243 e. The fraction of sp³-hybridized carbons (Fsp3) is 0.381. The molecule has 1 N–H and O–H groups in total. The zero-order valence-corrected chi connectivity index (χ0v) is 19.5. The molecule has 0 unspecified atom stereocenters. The standard InChI is InChI=1S/C21H27BrN2O4S/c1-5-24(14-21(25)23-16(4)17-7-9-18(22)10-8-17)29(26,27)19-11-12-20(28-6-2)15(3)13-19/h7-13,16H,5-6,14H2,1-4H3,(H,23,25)/t16-/m1/s1. The molecule has 0 aliphatic rings. The van der Waals surface area contributed by atoms with Crippen LogP contribution in [0.25, 0.3) is 0 Å². The van der Waals surface area contributed by atoms with Crippen LogP contribution in [0.5, 0.6) is 5.75 Å². The Labute approximate surface area is 181 Å². The first-order valence-corrected chi connectivity index (χ1v) is 11.7. The summed E-state index contributed by atoms with van der Waals surface area (Å²) >= 11 is 3.38. The van der Waals surface area contributed by atoms with Crippen molar-refractivity contribution in [1.82, 2.24) is 9.62 Å². The van der Waals surface area contributed by atoms with Crippen LogP contribution in [0.3, 0.4) is 0 Å². The molecule has 0 heterocycles. The minimum Gasteiger partial charge on any atom is -0.494 e. The molecule has 29 heavy (non-hydrogen) atoms. The number of hydrogen-bond acceptors (Lipinski definition) is 4. The van der Waals surface area contributed by atoms with Crippen LogP contribution in [-0.4, -0.2) is 38.3 Å². The predicted molar refractivity (Wildman–Crippen MR) is 117 cm³/mol. The van der Waals surface area contributed by atoms with Crippen molar-refractivity contribution >= 4 is 31.9 Å². The normalized spacial score (nSPS) is 12.6. The first-order valence-electron chi connectivity index (χ1n) is 9.47. The lowest BCUT2D eigenvalue weighted by molar-refractivity contribution is -0.121. The van der Waals surface area contributed by atoms with Gasteiger partial charge in [0.2, 0.25) is 15.9 Å². The van der Waals surface area contributed by atoms with E-state index >= 15 is 0 Å². The summed E-state index contributed by atoms with van der Waals surface area (Å²) in [6.45, 7) is 7.70. The van der Waals surface area contributed by atoms with Crippen molar-refractivity contribution in [3.8, 4) is 5.75 Å². The Balaban J connectivity index is 2.12. The van der Waals surface area contributed by atoms with E-state index in [1.807, 2.05) is 38.1 Å². The van der Waals surface area contributed by atoms with E-state index in [9.17, 15) is 13.2 Å². The highest BCUT2D eigenvalue weighted by atomic mass is 79.9. The van der Waals surface area contributed by atoms with E-state index in [4.69, 9.17) is 4.74 Å². The monoisotopic (exact) mass is 482 g/mol. The summed E-state index contributed by atoms with van der Waals surface area (Å²) < 4.78 is 33.6. The fourth-order valence-electron chi connectivity index (χ4n) is 2.90. The number of ether oxygens (including phenoxy) is 1. The van der Waals surface area contributed by atoms with Crippen molar-refractivity contribution in [2.45, 2.75) is 38.6 Å². The molecule has 0 fully saturated rings. The van der Waals surface area contributed by atoms with Crippen molar-refractivity contribution in [2.75, 3.05) is 19.7 Å². The summed E-state index contributed by atoms with van der Waals surface area (Å²) in [5.74, 6) is 0.295. The third-order valence-corrected chi connectivity index (χ3v) is 6.95. The Bertz CT molecular complexity index is 946. The van der Waals surface area contributed by atoms with E-state index in [1.165, 1.54) is 10.4 Å². The second kappa shape index (κ2) is 10.2. The van der Waals surface area contributed by atoms with Gasteiger partial charge in [0.15, 0.2) is 0 Å². The molecule has 0 aliphatic carbocycles. The van der Waals surface area contributed by atoms with Crippen molar-refractivity contribution in [3.05, 3.63) is 58.1 Å². The van der Waals surface area contributed by atoms with Gasteiger partial charge in [0.05, 0.1) is 24.1 Å². The summed E-state index contributed by atoms with van der Waals surface area (Å²) in [6, 6.07) is 12.1. The molecule has 2 rings (SSSR count). The highest BCUT2D eigenvalue weighted by molar-refractivity contribution is 9.10. The van der Waals surface area contributed by atoms with E-state index in [-0.39, 0.29) is 29.9 Å². The van der Waals surface area contributed by atoms with Gasteiger partial charge in [0, 0.05) is 11.0 Å². The summed E-state index contributed by atoms with van der Waals surface area (Å²) in [4.78, 5) is 12.6. The summed E-state index contributed by atoms with van der Waals surface area (Å²) in [7, 11) is -3.80. The van der Waals surface area contributed by atoms with Crippen LogP contribution in [-0.2, 0) is 14.8 Å². The Morgan fingerprint density at radius 3 is 2.38 bits per heavy atom. The van der Waals surface area contributed by atoms with Gasteiger partial charge in [-0.25, -0.2) is 8.42 Å². The third kappa shape index (κ3) is 6.04. The fourth-order valence-corrected chi connectivity index (χ4v) is 4.65. The van der Waals surface area contributed by atoms with Crippen molar-refractivity contribution < 1.29 is 17.9 Å². The maximum Gasteiger partial charge on any atom is 0.243 e. The van der Waals surface area contributed by atoms with Crippen LogP contribution >= 0.6 is 15.9 Å². The van der Waals surface area contributed by atoms with Gasteiger partial charge in [-0.15, -0.1) is 0 Å². The maximum atomic E-state index is 13.0. The van der Waals surface area contributed by atoms with Gasteiger partial charge in [-0.05, 0) is 62.2 Å². The van der Waals surface area contributed by atoms with Crippen LogP contribution in [0.4, 0.5) is 0 Å². The van der Waals surface area contributed by atoms with Crippen LogP contribution in [0.1, 0.15) is 37.9 Å². The number of nitrogens with zero attached hydrogens (tertiary/aromatic N) is 1. The molecule has 0 saturated carbocycles. The average Bonchev–Trinajstić information content (AvgIpc) is 2.68. The SMILES string of the molecule is CCOc1ccc(S(=O)(=O)N(CC)CC(=O)N[C@H](C)c2ccc(Br)cc2)cc1C. The number of amides is 1. The van der Waals surface area contributed by atoms with E-state index < -0.39 is 10.0 Å². The molecule has 0 aliphatic heterocycles. The highest BCUT2D eigenvalue weighted by Crippen LogP contribution is 2.24. The zero-order valence-electron chi connectivity index (χ0n) is 17.1. The molecular formula is C21H27BrN2O4S. The Morgan fingerprint density at radius 2 is 1.83 bits per heavy atom. The molecule has 1 atom stereocenters. The van der Waals surface area contributed by atoms with Crippen LogP contribution in [0, 0.1) is 6.92 Å². The molecular weight excluding hydrogens is 456 g/mol. The number of nitrogens with one attached hydrogen (secondary N) is 1. The molecule has 0 radical (unpaired) electrons. The topological polar surface area (TPSA) is 75.7 Å². The predicted octanol–water partition coefficient (Wildman–Crippen LogP) is 4.04. The molecule has 0 saturated heterocycles. The number of halogens is 1. The number of benzene rings is 2. The molecule has 6 nitrogen and oxygen atoms in total. The molecule has 8 heteroatoms. The molecule has 1 amide bonds. The second-order valence-electron chi connectivity index (χ2n) is 6.63. The van der Waals surface area contributed by atoms with Gasteiger partial charge < -0.3 is 10.1 Å². The molecule has 0 spiro atoms. The van der Waals surface area contributed by atoms with Gasteiger partial charge in [0.25, 0.3) is 0 Å². The van der Waals surface area contributed by atoms with E-state index in [2.05, 4.69) is 21.2 Å². The number of aryl methyl sites for hydroxylation is 1. The Kier molecular flexibility index (Phi) is 8.24. The van der Waals surface area contributed by atoms with Gasteiger partial charge in [-0.3, -0.25) is 4.79 Å². The lowest BCUT2D eigenvalue weighted by Gasteiger charge is -2.22. The Hall–Kier alpha value is -1.90. The lowest BCUT2D eigenvalue weighted by Crippen LogP contribution is -2.41. The van der Waals surface area contributed by atoms with Gasteiger partial charge in [-0.2, -0.15) is 4.31 Å². The number of likely N-dealkylation sites (N-methyl/N-ethyl adjacent to an activating group) is 1. The third-order valence-electron chi connectivity index (χ3n) is 4.50. The Morgan fingerprint density at radius 1 is 1.17 bits per heavy atom. The molecule has 2 aromatic carbocycles. The first kappa shape index (κ1) is 23.4. The second-order valence-corrected chi connectivity index (χ2v) is 9.49. The van der Waals surface area contributed by atoms with Crippen LogP contribution in [0.15, 0.2) is 51.8 Å². The van der Waals surface area contributed by atoms with Gasteiger partial charge >= 0.3 is 0 Å². The molecule has 2 aromatic rings. The first-order chi connectivity index (χ1) is 13.7. The van der Waals surface area contributed by atoms with Crippen molar-refractivity contribution in [3.63, 3.8) is 0 Å². The average molecular weight is 483 g/mol. The van der Waals surface area contributed by atoms with Crippen molar-refractivity contribution in [1.29, 1.82) is 0 Å². The minimum absolute atomic E-state index is 0.147. The van der Waals surface area contributed by atoms with Crippen molar-refractivity contribution in [2.24, 2.45) is 0 Å². The largest absolute Gasteiger partial charge is 0.494 e. The van der Waals surface area contributed by atoms with Crippen LogP contribution in [0.2, 0.25) is 0 Å². The summed E-state index contributed by atoms with van der Waals surface area (Å²) in [6.07, 6.45) is 0. The highest BCUT2D eigenvalue weighted by Gasteiger charge is 2.26. The number of rotatable bonds is 9. The number of carbonyl (C=O) groups is 1. The molecule has 0 bridgehead atoms. The zero-order chi connectivity index (χ0) is 21.6. The summed E-state index contributed by atoms with van der Waals surface area (Å²) in [5.41, 5.74) is 1.67. The van der Waals surface area contributed by atoms with Gasteiger partial charge in [0.1, 0.15) is 5.75 Å². The van der Waals surface area contributed by atoms with E-state index in [0.29, 0.717) is 12.4 Å². The van der Waals surface area contributed by atoms with E-state index in [1.54, 1.807) is 26.0 Å². The van der Waals surface area contributed by atoms with Gasteiger partial charge in [-0.1, -0.05) is 35.0 Å². The minimum atomic E-state index is -3.80.